The van der Waals surface area contributed by atoms with Crippen molar-refractivity contribution in [2.75, 3.05) is 0 Å². The number of tetrazole rings is 1. The fourth-order valence-corrected chi connectivity index (χ4v) is 2.86. The molecule has 0 bridgehead atoms. The summed E-state index contributed by atoms with van der Waals surface area (Å²) in [4.78, 5) is 37.2. The second-order valence-electron chi connectivity index (χ2n) is 5.51. The number of aromatic nitrogens is 4. The summed E-state index contributed by atoms with van der Waals surface area (Å²) in [6.07, 6.45) is 0.0596. The number of rotatable bonds is 7. The highest BCUT2D eigenvalue weighted by Crippen LogP contribution is 2.12. The Balaban J connectivity index is 1.41. The number of hydrazine groups is 1. The maximum atomic E-state index is 11.9. The third-order valence-corrected chi connectivity index (χ3v) is 4.40. The van der Waals surface area contributed by atoms with E-state index in [-0.39, 0.29) is 25.2 Å². The van der Waals surface area contributed by atoms with Gasteiger partial charge in [-0.15, -0.1) is 21.5 Å². The lowest BCUT2D eigenvalue weighted by Gasteiger charge is -2.06. The molecule has 2 N–H and O–H groups in total. The van der Waals surface area contributed by atoms with Gasteiger partial charge in [-0.25, -0.2) is 0 Å². The molecule has 0 atom stereocenters. The highest BCUT2D eigenvalue weighted by molar-refractivity contribution is 7.12. The van der Waals surface area contributed by atoms with Gasteiger partial charge in [-0.05, 0) is 16.7 Å². The SMILES string of the molecule is O=C(CCC(=O)c1cccs1)NNC(=O)Cn1nnc(-c2ccccc2)n1. The summed E-state index contributed by atoms with van der Waals surface area (Å²) in [7, 11) is 0. The molecule has 2 heterocycles. The summed E-state index contributed by atoms with van der Waals surface area (Å²) < 4.78 is 0. The molecule has 0 aliphatic carbocycles. The first kappa shape index (κ1) is 18.4. The van der Waals surface area contributed by atoms with E-state index in [2.05, 4.69) is 26.3 Å². The Bertz CT molecular complexity index is 923. The van der Waals surface area contributed by atoms with E-state index in [1.54, 1.807) is 17.5 Å². The van der Waals surface area contributed by atoms with Gasteiger partial charge in [-0.2, -0.15) is 4.80 Å². The second kappa shape index (κ2) is 8.81. The monoisotopic (exact) mass is 384 g/mol. The number of Topliss-reactive ketones (excluding diaryl/α,β-unsaturated/α-hetero) is 1. The van der Waals surface area contributed by atoms with Gasteiger partial charge in [0.25, 0.3) is 5.91 Å². The van der Waals surface area contributed by atoms with Crippen molar-refractivity contribution in [3.05, 3.63) is 52.7 Å². The molecule has 0 unspecified atom stereocenters. The van der Waals surface area contributed by atoms with Crippen LogP contribution in [0, 0.1) is 0 Å². The van der Waals surface area contributed by atoms with Gasteiger partial charge >= 0.3 is 0 Å². The minimum atomic E-state index is -0.509. The summed E-state index contributed by atoms with van der Waals surface area (Å²) >= 11 is 1.33. The largest absolute Gasteiger partial charge is 0.293 e. The van der Waals surface area contributed by atoms with Gasteiger partial charge in [0.1, 0.15) is 6.54 Å². The Morgan fingerprint density at radius 3 is 2.48 bits per heavy atom. The van der Waals surface area contributed by atoms with Crippen molar-refractivity contribution in [2.24, 2.45) is 0 Å². The molecule has 0 aliphatic rings. The normalized spacial score (nSPS) is 10.4. The molecule has 27 heavy (non-hydrogen) atoms. The van der Waals surface area contributed by atoms with Gasteiger partial charge in [0.05, 0.1) is 4.88 Å². The first-order chi connectivity index (χ1) is 13.1. The van der Waals surface area contributed by atoms with E-state index < -0.39 is 11.8 Å². The molecule has 1 aromatic carbocycles. The lowest BCUT2D eigenvalue weighted by atomic mass is 10.2. The fourth-order valence-electron chi connectivity index (χ4n) is 2.17. The van der Waals surface area contributed by atoms with Crippen molar-refractivity contribution in [3.8, 4) is 11.4 Å². The van der Waals surface area contributed by atoms with Crippen LogP contribution < -0.4 is 10.9 Å². The summed E-state index contributed by atoms with van der Waals surface area (Å²) in [5, 5.41) is 13.6. The summed E-state index contributed by atoms with van der Waals surface area (Å²) in [5.41, 5.74) is 5.31. The first-order valence-electron chi connectivity index (χ1n) is 8.09. The zero-order valence-corrected chi connectivity index (χ0v) is 15.0. The van der Waals surface area contributed by atoms with E-state index in [9.17, 15) is 14.4 Å². The molecule has 0 aliphatic heterocycles. The van der Waals surface area contributed by atoms with Gasteiger partial charge in [0.2, 0.25) is 11.7 Å². The zero-order valence-electron chi connectivity index (χ0n) is 14.2. The molecule has 2 amide bonds. The number of hydrogen-bond acceptors (Lipinski definition) is 7. The Morgan fingerprint density at radius 1 is 0.963 bits per heavy atom. The van der Waals surface area contributed by atoms with E-state index in [0.29, 0.717) is 10.7 Å². The maximum absolute atomic E-state index is 11.9. The zero-order chi connectivity index (χ0) is 19.1. The standard InChI is InChI=1S/C17H16N6O3S/c24-13(14-7-4-10-27-14)8-9-15(25)18-19-16(26)11-23-21-17(20-22-23)12-5-2-1-3-6-12/h1-7,10H,8-9,11H2,(H,18,25)(H,19,26). The van der Waals surface area contributed by atoms with Crippen LogP contribution in [0.5, 0.6) is 0 Å². The molecule has 9 nitrogen and oxygen atoms in total. The van der Waals surface area contributed by atoms with Crippen LogP contribution in [0.2, 0.25) is 0 Å². The van der Waals surface area contributed by atoms with Crippen LogP contribution in [0.25, 0.3) is 11.4 Å². The molecule has 10 heteroatoms. The van der Waals surface area contributed by atoms with Crippen molar-refractivity contribution in [3.63, 3.8) is 0 Å². The van der Waals surface area contributed by atoms with Crippen molar-refractivity contribution < 1.29 is 14.4 Å². The predicted octanol–water partition coefficient (Wildman–Crippen LogP) is 1.21. The highest BCUT2D eigenvalue weighted by atomic mass is 32.1. The minimum absolute atomic E-state index is 0.0171. The molecular formula is C17H16N6O3S. The van der Waals surface area contributed by atoms with Gasteiger partial charge in [0.15, 0.2) is 5.78 Å². The number of amides is 2. The van der Waals surface area contributed by atoms with Gasteiger partial charge in [0, 0.05) is 18.4 Å². The van der Waals surface area contributed by atoms with Crippen molar-refractivity contribution >= 4 is 28.9 Å². The van der Waals surface area contributed by atoms with E-state index in [4.69, 9.17) is 0 Å². The number of thiophene rings is 1. The molecule has 0 radical (unpaired) electrons. The van der Waals surface area contributed by atoms with E-state index in [1.807, 2.05) is 30.3 Å². The number of nitrogens with one attached hydrogen (secondary N) is 2. The Morgan fingerprint density at radius 2 is 1.74 bits per heavy atom. The maximum Gasteiger partial charge on any atom is 0.262 e. The number of benzene rings is 1. The number of carbonyl (C=O) groups excluding carboxylic acids is 3. The summed E-state index contributed by atoms with van der Waals surface area (Å²) in [6, 6.07) is 12.7. The van der Waals surface area contributed by atoms with Gasteiger partial charge in [-0.3, -0.25) is 25.2 Å². The molecule has 0 saturated heterocycles. The van der Waals surface area contributed by atoms with Crippen LogP contribution in [-0.2, 0) is 16.1 Å². The van der Waals surface area contributed by atoms with E-state index in [0.717, 1.165) is 10.4 Å². The molecule has 0 spiro atoms. The smallest absolute Gasteiger partial charge is 0.262 e. The number of ketones is 1. The molecule has 0 saturated carbocycles. The Labute approximate surface area is 158 Å². The third kappa shape index (κ3) is 5.28. The highest BCUT2D eigenvalue weighted by Gasteiger charge is 2.12. The molecule has 2 aromatic heterocycles. The van der Waals surface area contributed by atoms with Crippen LogP contribution in [0.1, 0.15) is 22.5 Å². The average Bonchev–Trinajstić information content (AvgIpc) is 3.37. The average molecular weight is 384 g/mol. The van der Waals surface area contributed by atoms with Crippen molar-refractivity contribution in [1.29, 1.82) is 0 Å². The number of hydrogen-bond donors (Lipinski definition) is 2. The molecule has 3 rings (SSSR count). The van der Waals surface area contributed by atoms with Crippen LogP contribution in [0.3, 0.4) is 0 Å². The topological polar surface area (TPSA) is 119 Å². The summed E-state index contributed by atoms with van der Waals surface area (Å²) in [6.45, 7) is -0.200. The fraction of sp³-hybridized carbons (Fsp3) is 0.176. The lowest BCUT2D eigenvalue weighted by Crippen LogP contribution is -2.43. The van der Waals surface area contributed by atoms with Crippen LogP contribution in [0.4, 0.5) is 0 Å². The van der Waals surface area contributed by atoms with Gasteiger partial charge in [-0.1, -0.05) is 36.4 Å². The predicted molar refractivity (Wildman–Crippen MR) is 97.4 cm³/mol. The molecular weight excluding hydrogens is 368 g/mol. The minimum Gasteiger partial charge on any atom is -0.293 e. The first-order valence-corrected chi connectivity index (χ1v) is 8.97. The molecule has 3 aromatic rings. The molecule has 138 valence electrons. The number of nitrogens with zero attached hydrogens (tertiary/aromatic N) is 4. The van der Waals surface area contributed by atoms with Crippen molar-refractivity contribution in [2.45, 2.75) is 19.4 Å². The third-order valence-electron chi connectivity index (χ3n) is 3.49. The number of carbonyl (C=O) groups is 3. The van der Waals surface area contributed by atoms with Crippen molar-refractivity contribution in [1.82, 2.24) is 31.1 Å². The second-order valence-corrected chi connectivity index (χ2v) is 6.45. The van der Waals surface area contributed by atoms with Crippen LogP contribution >= 0.6 is 11.3 Å². The Kier molecular flexibility index (Phi) is 6.00. The van der Waals surface area contributed by atoms with Crippen LogP contribution in [0.15, 0.2) is 47.8 Å². The van der Waals surface area contributed by atoms with E-state index in [1.165, 1.54) is 11.3 Å². The van der Waals surface area contributed by atoms with Gasteiger partial charge < -0.3 is 0 Å². The lowest BCUT2D eigenvalue weighted by molar-refractivity contribution is -0.129. The Hall–Kier alpha value is -3.40. The quantitative estimate of drug-likeness (QED) is 0.467. The molecule has 0 fully saturated rings. The van der Waals surface area contributed by atoms with Crippen LogP contribution in [-0.4, -0.2) is 37.8 Å². The summed E-state index contributed by atoms with van der Waals surface area (Å²) in [5.74, 6) is -0.666. The van der Waals surface area contributed by atoms with E-state index >= 15 is 0 Å².